The number of pyridine rings is 1. The zero-order valence-corrected chi connectivity index (χ0v) is 15.8. The normalized spacial score (nSPS) is 19.8. The number of hydrogen-bond donors (Lipinski definition) is 1. The lowest BCUT2D eigenvalue weighted by Gasteiger charge is -2.15. The maximum Gasteiger partial charge on any atom is 0.414 e. The molecule has 1 aliphatic heterocycles. The van der Waals surface area contributed by atoms with Crippen molar-refractivity contribution in [3.8, 4) is 11.1 Å². The summed E-state index contributed by atoms with van der Waals surface area (Å²) in [5.41, 5.74) is 6.58. The average Bonchev–Trinajstić information content (AvgIpc) is 3.10. The number of anilines is 1. The van der Waals surface area contributed by atoms with Gasteiger partial charge in [-0.15, -0.1) is 5.10 Å². The van der Waals surface area contributed by atoms with Crippen LogP contribution in [0.15, 0.2) is 42.9 Å². The van der Waals surface area contributed by atoms with Crippen molar-refractivity contribution in [3.63, 3.8) is 0 Å². The zero-order valence-electron chi connectivity index (χ0n) is 15.8. The Balaban J connectivity index is 1.38. The number of carbonyl (C=O) groups excluding carboxylic acids is 1. The van der Waals surface area contributed by atoms with Gasteiger partial charge in [0, 0.05) is 18.0 Å². The molecule has 2 aliphatic rings. The highest BCUT2D eigenvalue weighted by Gasteiger charge is 2.41. The van der Waals surface area contributed by atoms with Gasteiger partial charge in [-0.1, -0.05) is 11.3 Å². The van der Waals surface area contributed by atoms with Crippen molar-refractivity contribution < 1.29 is 18.3 Å². The van der Waals surface area contributed by atoms with E-state index >= 15 is 0 Å². The molecule has 1 amide bonds. The minimum Gasteiger partial charge on any atom is -0.442 e. The average molecular weight is 412 g/mol. The highest BCUT2D eigenvalue weighted by atomic mass is 19.1. The Morgan fingerprint density at radius 2 is 2.00 bits per heavy atom. The first-order valence-electron chi connectivity index (χ1n) is 9.50. The summed E-state index contributed by atoms with van der Waals surface area (Å²) in [6, 6.07) is 5.55. The van der Waals surface area contributed by atoms with Gasteiger partial charge in [0.15, 0.2) is 0 Å². The molecule has 2 fully saturated rings. The van der Waals surface area contributed by atoms with Crippen molar-refractivity contribution in [3.05, 3.63) is 60.2 Å². The summed E-state index contributed by atoms with van der Waals surface area (Å²) in [5, 5.41) is 7.52. The topological polar surface area (TPSA) is 99.2 Å². The number of nitrogens with zero attached hydrogens (tertiary/aromatic N) is 5. The van der Waals surface area contributed by atoms with Gasteiger partial charge in [0.25, 0.3) is 0 Å². The Morgan fingerprint density at radius 1 is 1.23 bits per heavy atom. The Morgan fingerprint density at radius 3 is 2.60 bits per heavy atom. The summed E-state index contributed by atoms with van der Waals surface area (Å²) >= 11 is 0. The molecule has 2 N–H and O–H groups in total. The van der Waals surface area contributed by atoms with Gasteiger partial charge in [-0.2, -0.15) is 0 Å². The van der Waals surface area contributed by atoms with E-state index in [1.165, 1.54) is 22.0 Å². The molecule has 3 heterocycles. The van der Waals surface area contributed by atoms with Crippen LogP contribution in [0.2, 0.25) is 0 Å². The van der Waals surface area contributed by atoms with E-state index < -0.39 is 29.4 Å². The number of hydrogen-bond acceptors (Lipinski definition) is 6. The summed E-state index contributed by atoms with van der Waals surface area (Å²) in [4.78, 5) is 17.7. The van der Waals surface area contributed by atoms with Gasteiger partial charge in [0.1, 0.15) is 17.7 Å². The van der Waals surface area contributed by atoms with Crippen molar-refractivity contribution in [2.24, 2.45) is 5.73 Å². The largest absolute Gasteiger partial charge is 0.442 e. The summed E-state index contributed by atoms with van der Waals surface area (Å²) in [7, 11) is 0. The number of aromatic nitrogens is 4. The molecule has 2 aromatic heterocycles. The first kappa shape index (κ1) is 18.6. The van der Waals surface area contributed by atoms with E-state index in [0.717, 1.165) is 25.0 Å². The molecule has 0 bridgehead atoms. The molecule has 1 aliphatic carbocycles. The van der Waals surface area contributed by atoms with Gasteiger partial charge in [0.05, 0.1) is 41.8 Å². The molecule has 0 spiro atoms. The maximum absolute atomic E-state index is 14.8. The Labute approximate surface area is 170 Å². The van der Waals surface area contributed by atoms with E-state index in [1.54, 1.807) is 18.3 Å². The van der Waals surface area contributed by atoms with E-state index in [1.807, 2.05) is 0 Å². The molecule has 1 saturated carbocycles. The Hall–Kier alpha value is -3.40. The summed E-state index contributed by atoms with van der Waals surface area (Å²) < 4.78 is 36.5. The van der Waals surface area contributed by atoms with Crippen LogP contribution in [0.4, 0.5) is 19.3 Å². The first-order chi connectivity index (χ1) is 14.4. The number of carbonyl (C=O) groups is 1. The minimum atomic E-state index is -0.791. The van der Waals surface area contributed by atoms with Crippen LogP contribution >= 0.6 is 0 Å². The predicted octanol–water partition coefficient (Wildman–Crippen LogP) is 2.59. The van der Waals surface area contributed by atoms with Crippen molar-refractivity contribution in [2.75, 3.05) is 11.4 Å². The molecule has 5 rings (SSSR count). The lowest BCUT2D eigenvalue weighted by molar-refractivity contribution is 0.129. The SMILES string of the molecule is NC1(c2ccc(-c3c(F)cc(N4C[C@H](Cn5ccnn5)OC4=O)cc3F)cn2)CC1. The van der Waals surface area contributed by atoms with Crippen LogP contribution in [0.1, 0.15) is 18.5 Å². The highest BCUT2D eigenvalue weighted by molar-refractivity contribution is 5.90. The Bertz CT molecular complexity index is 1080. The third kappa shape index (κ3) is 3.28. The molecule has 0 radical (unpaired) electrons. The molecule has 10 heteroatoms. The van der Waals surface area contributed by atoms with Crippen LogP contribution in [0.5, 0.6) is 0 Å². The highest BCUT2D eigenvalue weighted by Crippen LogP contribution is 2.42. The molecule has 8 nitrogen and oxygen atoms in total. The van der Waals surface area contributed by atoms with Crippen LogP contribution in [0.3, 0.4) is 0 Å². The van der Waals surface area contributed by atoms with Gasteiger partial charge in [0.2, 0.25) is 0 Å². The van der Waals surface area contributed by atoms with Gasteiger partial charge in [-0.25, -0.2) is 18.3 Å². The van der Waals surface area contributed by atoms with Crippen LogP contribution in [-0.2, 0) is 16.8 Å². The Kier molecular flexibility index (Phi) is 4.24. The number of cyclic esters (lactones) is 1. The van der Waals surface area contributed by atoms with E-state index in [9.17, 15) is 13.6 Å². The monoisotopic (exact) mass is 412 g/mol. The van der Waals surface area contributed by atoms with E-state index in [0.29, 0.717) is 17.8 Å². The van der Waals surface area contributed by atoms with Crippen molar-refractivity contribution >= 4 is 11.8 Å². The van der Waals surface area contributed by atoms with Crippen LogP contribution < -0.4 is 10.6 Å². The number of amides is 1. The summed E-state index contributed by atoms with van der Waals surface area (Å²) in [6.07, 6.45) is 5.09. The first-order valence-corrected chi connectivity index (χ1v) is 9.50. The maximum atomic E-state index is 14.8. The minimum absolute atomic E-state index is 0.0864. The molecule has 1 saturated heterocycles. The number of nitrogens with two attached hydrogens (primary N) is 1. The smallest absolute Gasteiger partial charge is 0.414 e. The third-order valence-corrected chi connectivity index (χ3v) is 5.43. The van der Waals surface area contributed by atoms with E-state index in [2.05, 4.69) is 15.3 Å². The molecular weight excluding hydrogens is 394 g/mol. The summed E-state index contributed by atoms with van der Waals surface area (Å²) in [6.45, 7) is 0.442. The summed E-state index contributed by atoms with van der Waals surface area (Å²) in [5.74, 6) is -1.58. The van der Waals surface area contributed by atoms with Crippen LogP contribution in [-0.4, -0.2) is 38.7 Å². The zero-order chi connectivity index (χ0) is 20.9. The van der Waals surface area contributed by atoms with Crippen molar-refractivity contribution in [2.45, 2.75) is 31.0 Å². The van der Waals surface area contributed by atoms with Gasteiger partial charge in [-0.05, 0) is 31.0 Å². The fraction of sp³-hybridized carbons (Fsp3) is 0.300. The molecular formula is C20H18F2N6O2. The number of halogens is 2. The second kappa shape index (κ2) is 6.84. The third-order valence-electron chi connectivity index (χ3n) is 5.43. The second-order valence-electron chi connectivity index (χ2n) is 7.61. The molecule has 3 aromatic rings. The van der Waals surface area contributed by atoms with E-state index in [4.69, 9.17) is 10.5 Å². The number of benzene rings is 1. The number of ether oxygens (including phenoxy) is 1. The predicted molar refractivity (Wildman–Crippen MR) is 102 cm³/mol. The quantitative estimate of drug-likeness (QED) is 0.692. The molecule has 1 aromatic carbocycles. The molecule has 1 atom stereocenters. The fourth-order valence-electron chi connectivity index (χ4n) is 3.58. The fourth-order valence-corrected chi connectivity index (χ4v) is 3.58. The van der Waals surface area contributed by atoms with Gasteiger partial charge >= 0.3 is 6.09 Å². The lowest BCUT2D eigenvalue weighted by atomic mass is 10.0. The second-order valence-corrected chi connectivity index (χ2v) is 7.61. The van der Waals surface area contributed by atoms with Crippen molar-refractivity contribution in [1.29, 1.82) is 0 Å². The van der Waals surface area contributed by atoms with Crippen LogP contribution in [0, 0.1) is 11.6 Å². The molecule has 154 valence electrons. The lowest BCUT2D eigenvalue weighted by Crippen LogP contribution is -2.26. The molecule has 30 heavy (non-hydrogen) atoms. The standard InChI is InChI=1S/C20H18F2N6O2/c21-15-7-13(28-11-14(30-19(28)29)10-27-6-5-25-26-27)8-16(22)18(15)12-1-2-17(24-9-12)20(23)3-4-20/h1-2,5-9,14H,3-4,10-11,23H2/t14-/m0/s1. The van der Waals surface area contributed by atoms with Gasteiger partial charge < -0.3 is 10.5 Å². The van der Waals surface area contributed by atoms with Gasteiger partial charge in [-0.3, -0.25) is 9.88 Å². The van der Waals surface area contributed by atoms with Crippen molar-refractivity contribution in [1.82, 2.24) is 20.0 Å². The molecule has 0 unspecified atom stereocenters. The number of rotatable bonds is 5. The van der Waals surface area contributed by atoms with E-state index in [-0.39, 0.29) is 17.8 Å². The van der Waals surface area contributed by atoms with Crippen LogP contribution in [0.25, 0.3) is 11.1 Å².